The molecule has 5 rings (SSSR count). The van der Waals surface area contributed by atoms with Gasteiger partial charge in [-0.25, -0.2) is 8.42 Å². The number of hydrogen-bond acceptors (Lipinski definition) is 5. The van der Waals surface area contributed by atoms with Crippen LogP contribution in [0.2, 0.25) is 0 Å². The smallest absolute Gasteiger partial charge is 0.175 e. The van der Waals surface area contributed by atoms with Crippen LogP contribution in [0.1, 0.15) is 64.0 Å². The zero-order chi connectivity index (χ0) is 24.5. The first-order valence-electron chi connectivity index (χ1n) is 12.2. The summed E-state index contributed by atoms with van der Waals surface area (Å²) >= 11 is 0. The van der Waals surface area contributed by atoms with Gasteiger partial charge in [-0.3, -0.25) is 4.79 Å². The van der Waals surface area contributed by atoms with Crippen LogP contribution in [-0.2, 0) is 19.4 Å². The highest BCUT2D eigenvalue weighted by Crippen LogP contribution is 2.63. The van der Waals surface area contributed by atoms with E-state index in [0.29, 0.717) is 25.9 Å². The summed E-state index contributed by atoms with van der Waals surface area (Å²) < 4.78 is 30.7. The van der Waals surface area contributed by atoms with Crippen molar-refractivity contribution < 1.29 is 23.1 Å². The van der Waals surface area contributed by atoms with Crippen molar-refractivity contribution in [1.29, 1.82) is 0 Å². The average molecular weight is 483 g/mol. The van der Waals surface area contributed by atoms with Crippen LogP contribution in [0, 0.1) is 17.3 Å². The second kappa shape index (κ2) is 8.00. The van der Waals surface area contributed by atoms with Gasteiger partial charge in [-0.15, -0.1) is 0 Å². The van der Waals surface area contributed by atoms with Crippen LogP contribution in [0.4, 0.5) is 0 Å². The molecular weight excluding hydrogens is 448 g/mol. The number of carbonyl (C=O) groups is 1. The first kappa shape index (κ1) is 23.7. The van der Waals surface area contributed by atoms with E-state index in [9.17, 15) is 18.3 Å². The van der Waals surface area contributed by atoms with Crippen LogP contribution in [0.25, 0.3) is 0 Å². The zero-order valence-electron chi connectivity index (χ0n) is 20.3. The lowest BCUT2D eigenvalue weighted by Gasteiger charge is -2.45. The third-order valence-corrected chi connectivity index (χ3v) is 10.2. The number of ether oxygens (including phenoxy) is 1. The molecule has 2 fully saturated rings. The maximum Gasteiger partial charge on any atom is 0.175 e. The van der Waals surface area contributed by atoms with Gasteiger partial charge in [0.2, 0.25) is 0 Å². The Morgan fingerprint density at radius 1 is 1.15 bits per heavy atom. The second-order valence-electron chi connectivity index (χ2n) is 11.0. The Bertz CT molecular complexity index is 1220. The van der Waals surface area contributed by atoms with E-state index in [1.165, 1.54) is 17.4 Å². The lowest BCUT2D eigenvalue weighted by atomic mass is 9.61. The number of allylic oxidation sites excluding steroid dienone is 3. The van der Waals surface area contributed by atoms with Gasteiger partial charge in [0.1, 0.15) is 6.10 Å². The Hall–Kier alpha value is -2.02. The predicted octanol–water partition coefficient (Wildman–Crippen LogP) is 4.88. The number of carbonyl (C=O) groups excluding carboxylic acids is 1. The molecule has 0 radical (unpaired) electrons. The fourth-order valence-electron chi connectivity index (χ4n) is 7.14. The molecule has 3 aliphatic carbocycles. The van der Waals surface area contributed by atoms with Gasteiger partial charge in [0, 0.05) is 18.1 Å². The van der Waals surface area contributed by atoms with Crippen molar-refractivity contribution in [3.8, 4) is 0 Å². The Morgan fingerprint density at radius 2 is 1.85 bits per heavy atom. The molecule has 5 atom stereocenters. The Kier molecular flexibility index (Phi) is 5.58. The van der Waals surface area contributed by atoms with Crippen molar-refractivity contribution in [3.05, 3.63) is 64.8 Å². The molecule has 1 aromatic carbocycles. The number of ketones is 1. The second-order valence-corrected chi connectivity index (χ2v) is 13.0. The SMILES string of the molecule is C=C(C)[C@]1(O)CCC2C3CCC4=CC(=O)CCC4=C3[C@@H](c3ccc(S(C)(=O)=O)cc3)OC[C@@]21C. The molecule has 1 aliphatic heterocycles. The fraction of sp³-hybridized carbons (Fsp3) is 0.536. The molecule has 1 N–H and O–H groups in total. The summed E-state index contributed by atoms with van der Waals surface area (Å²) in [5.41, 5.74) is 3.84. The van der Waals surface area contributed by atoms with Crippen LogP contribution in [-0.4, -0.2) is 37.8 Å². The minimum absolute atomic E-state index is 0.184. The first-order chi connectivity index (χ1) is 16.0. The Labute approximate surface area is 202 Å². The lowest BCUT2D eigenvalue weighted by molar-refractivity contribution is -0.114. The van der Waals surface area contributed by atoms with Gasteiger partial charge >= 0.3 is 0 Å². The maximum absolute atomic E-state index is 12.2. The molecule has 1 saturated carbocycles. The molecule has 0 aromatic heterocycles. The van der Waals surface area contributed by atoms with E-state index in [-0.39, 0.29) is 28.6 Å². The first-order valence-corrected chi connectivity index (χ1v) is 14.1. The summed E-state index contributed by atoms with van der Waals surface area (Å²) in [5, 5.41) is 11.8. The van der Waals surface area contributed by atoms with E-state index in [1.54, 1.807) is 12.1 Å². The molecule has 1 saturated heterocycles. The summed E-state index contributed by atoms with van der Waals surface area (Å²) in [7, 11) is -3.30. The molecule has 1 heterocycles. The molecule has 182 valence electrons. The molecule has 2 unspecified atom stereocenters. The van der Waals surface area contributed by atoms with Crippen molar-refractivity contribution in [2.24, 2.45) is 17.3 Å². The Morgan fingerprint density at radius 3 is 2.50 bits per heavy atom. The van der Waals surface area contributed by atoms with E-state index in [2.05, 4.69) is 13.5 Å². The van der Waals surface area contributed by atoms with Crippen molar-refractivity contribution in [2.45, 2.75) is 69.0 Å². The molecule has 6 heteroatoms. The van der Waals surface area contributed by atoms with Gasteiger partial charge in [0.25, 0.3) is 0 Å². The van der Waals surface area contributed by atoms with E-state index in [0.717, 1.165) is 36.0 Å². The van der Waals surface area contributed by atoms with Crippen LogP contribution in [0.5, 0.6) is 0 Å². The quantitative estimate of drug-likeness (QED) is 0.621. The summed E-state index contributed by atoms with van der Waals surface area (Å²) in [6, 6.07) is 7.00. The van der Waals surface area contributed by atoms with Gasteiger partial charge in [-0.05, 0) is 96.9 Å². The van der Waals surface area contributed by atoms with E-state index >= 15 is 0 Å². The molecule has 1 aromatic rings. The lowest BCUT2D eigenvalue weighted by Crippen LogP contribution is -2.49. The maximum atomic E-state index is 12.2. The minimum Gasteiger partial charge on any atom is -0.385 e. The predicted molar refractivity (Wildman–Crippen MR) is 131 cm³/mol. The summed E-state index contributed by atoms with van der Waals surface area (Å²) in [4.78, 5) is 12.5. The Balaban J connectivity index is 1.67. The third kappa shape index (κ3) is 3.49. The summed E-state index contributed by atoms with van der Waals surface area (Å²) in [6.07, 6.45) is 7.29. The van der Waals surface area contributed by atoms with Crippen LogP contribution >= 0.6 is 0 Å². The van der Waals surface area contributed by atoms with Gasteiger partial charge in [0.05, 0.1) is 17.1 Å². The summed E-state index contributed by atoms with van der Waals surface area (Å²) in [6.45, 7) is 8.59. The normalized spacial score (nSPS) is 35.7. The molecule has 4 aliphatic rings. The molecule has 34 heavy (non-hydrogen) atoms. The molecule has 5 nitrogen and oxygen atoms in total. The van der Waals surface area contributed by atoms with E-state index in [4.69, 9.17) is 4.74 Å². The largest absolute Gasteiger partial charge is 0.385 e. The number of rotatable bonds is 3. The van der Waals surface area contributed by atoms with Gasteiger partial charge < -0.3 is 9.84 Å². The van der Waals surface area contributed by atoms with Crippen molar-refractivity contribution in [1.82, 2.24) is 0 Å². The van der Waals surface area contributed by atoms with Gasteiger partial charge in [-0.2, -0.15) is 0 Å². The highest BCUT2D eigenvalue weighted by Gasteiger charge is 2.61. The average Bonchev–Trinajstić information content (AvgIpc) is 2.97. The van der Waals surface area contributed by atoms with E-state index < -0.39 is 20.9 Å². The summed E-state index contributed by atoms with van der Waals surface area (Å²) in [5.74, 6) is 0.667. The van der Waals surface area contributed by atoms with Crippen molar-refractivity contribution in [3.63, 3.8) is 0 Å². The number of aliphatic hydroxyl groups is 1. The topological polar surface area (TPSA) is 80.7 Å². The van der Waals surface area contributed by atoms with Gasteiger partial charge in [0.15, 0.2) is 15.6 Å². The highest BCUT2D eigenvalue weighted by molar-refractivity contribution is 7.90. The van der Waals surface area contributed by atoms with Crippen LogP contribution in [0.3, 0.4) is 0 Å². The number of hydrogen-bond donors (Lipinski definition) is 1. The third-order valence-electron chi connectivity index (χ3n) is 9.03. The standard InChI is InChI=1S/C28H34O5S/c1-17(2)28(30)14-13-24-23-11-7-19-15-20(29)8-12-22(19)25(23)26(33-16-27(24,28)3)18-5-9-21(10-6-18)34(4,31)32/h5-6,9-10,15,23-24,26,30H,1,7-8,11-14,16H2,2-4H3/t23?,24?,26-,27+,28-/m1/s1. The number of sulfone groups is 1. The number of fused-ring (bicyclic) bond motifs is 4. The molecule has 0 bridgehead atoms. The van der Waals surface area contributed by atoms with Crippen LogP contribution in [0.15, 0.2) is 64.1 Å². The van der Waals surface area contributed by atoms with Crippen LogP contribution < -0.4 is 0 Å². The molecule has 0 amide bonds. The van der Waals surface area contributed by atoms with Gasteiger partial charge in [-0.1, -0.05) is 25.6 Å². The molecule has 0 spiro atoms. The van der Waals surface area contributed by atoms with Crippen molar-refractivity contribution in [2.75, 3.05) is 12.9 Å². The monoisotopic (exact) mass is 482 g/mol. The van der Waals surface area contributed by atoms with Crippen molar-refractivity contribution >= 4 is 15.6 Å². The zero-order valence-corrected chi connectivity index (χ0v) is 21.1. The highest BCUT2D eigenvalue weighted by atomic mass is 32.2. The fourth-order valence-corrected chi connectivity index (χ4v) is 7.77. The molecular formula is C28H34O5S. The minimum atomic E-state index is -3.30. The van der Waals surface area contributed by atoms with E-state index in [1.807, 2.05) is 25.1 Å². The number of benzene rings is 1.